The lowest BCUT2D eigenvalue weighted by molar-refractivity contribution is -0.137. The van der Waals surface area contributed by atoms with E-state index in [-0.39, 0.29) is 5.97 Å². The van der Waals surface area contributed by atoms with Gasteiger partial charge in [0.1, 0.15) is 0 Å². The van der Waals surface area contributed by atoms with Crippen LogP contribution in [0.25, 0.3) is 6.08 Å². The number of nitrogens with one attached hydrogen (secondary N) is 1. The molecule has 0 saturated carbocycles. The highest BCUT2D eigenvalue weighted by Gasteiger charge is 2.16. The normalized spacial score (nSPS) is 17.9. The van der Waals surface area contributed by atoms with Crippen molar-refractivity contribution in [2.24, 2.45) is 5.92 Å². The molecule has 0 amide bonds. The molecular weight excluding hydrogens is 238 g/mol. The van der Waals surface area contributed by atoms with Crippen molar-refractivity contribution in [1.29, 1.82) is 0 Å². The molecule has 0 aromatic heterocycles. The van der Waals surface area contributed by atoms with Crippen molar-refractivity contribution in [1.82, 2.24) is 0 Å². The molecule has 0 fully saturated rings. The van der Waals surface area contributed by atoms with Crippen molar-refractivity contribution >= 4 is 17.7 Å². The van der Waals surface area contributed by atoms with E-state index >= 15 is 0 Å². The van der Waals surface area contributed by atoms with E-state index in [0.717, 1.165) is 18.5 Å². The van der Waals surface area contributed by atoms with Gasteiger partial charge in [0.25, 0.3) is 0 Å². The van der Waals surface area contributed by atoms with Gasteiger partial charge in [-0.3, -0.25) is 0 Å². The van der Waals surface area contributed by atoms with Crippen LogP contribution in [-0.2, 0) is 16.0 Å². The highest BCUT2D eigenvalue weighted by molar-refractivity contribution is 5.87. The van der Waals surface area contributed by atoms with E-state index in [1.54, 1.807) is 6.92 Å². The van der Waals surface area contributed by atoms with Gasteiger partial charge in [0.15, 0.2) is 0 Å². The van der Waals surface area contributed by atoms with Gasteiger partial charge < -0.3 is 10.1 Å². The molecule has 1 unspecified atom stereocenters. The average molecular weight is 259 g/mol. The summed E-state index contributed by atoms with van der Waals surface area (Å²) in [5.74, 6) is 0.418. The number of rotatable bonds is 4. The van der Waals surface area contributed by atoms with Crippen LogP contribution in [0.2, 0.25) is 0 Å². The van der Waals surface area contributed by atoms with Crippen LogP contribution in [0.3, 0.4) is 0 Å². The van der Waals surface area contributed by atoms with Gasteiger partial charge in [-0.1, -0.05) is 19.4 Å². The van der Waals surface area contributed by atoms with Crippen LogP contribution in [0.4, 0.5) is 5.69 Å². The van der Waals surface area contributed by atoms with Crippen LogP contribution in [0, 0.1) is 5.92 Å². The zero-order chi connectivity index (χ0) is 13.7. The number of hydrogen-bond acceptors (Lipinski definition) is 3. The summed E-state index contributed by atoms with van der Waals surface area (Å²) in [7, 11) is 0. The Bertz CT molecular complexity index is 480. The topological polar surface area (TPSA) is 38.3 Å². The third kappa shape index (κ3) is 3.60. The highest BCUT2D eigenvalue weighted by atomic mass is 16.5. The molecular formula is C16H21NO2. The van der Waals surface area contributed by atoms with Gasteiger partial charge in [0.05, 0.1) is 6.61 Å². The van der Waals surface area contributed by atoms with E-state index in [2.05, 4.69) is 24.4 Å². The number of ether oxygens (including phenoxy) is 1. The summed E-state index contributed by atoms with van der Waals surface area (Å²) < 4.78 is 4.87. The Balaban J connectivity index is 2.10. The Morgan fingerprint density at radius 3 is 3.05 bits per heavy atom. The monoisotopic (exact) mass is 259 g/mol. The number of anilines is 1. The summed E-state index contributed by atoms with van der Waals surface area (Å²) >= 11 is 0. The SMILES string of the molecule is CCOC(=O)/C=C/c1ccc2c(c1)CC(CC)CN2. The van der Waals surface area contributed by atoms with Crippen molar-refractivity contribution < 1.29 is 9.53 Å². The van der Waals surface area contributed by atoms with E-state index in [4.69, 9.17) is 4.74 Å². The zero-order valence-corrected chi connectivity index (χ0v) is 11.6. The first kappa shape index (κ1) is 13.7. The minimum atomic E-state index is -0.287. The molecule has 1 aromatic rings. The van der Waals surface area contributed by atoms with E-state index in [0.29, 0.717) is 12.5 Å². The van der Waals surface area contributed by atoms with Gasteiger partial charge in [0, 0.05) is 18.3 Å². The molecule has 0 saturated heterocycles. The summed E-state index contributed by atoms with van der Waals surface area (Å²) in [6.45, 7) is 5.50. The van der Waals surface area contributed by atoms with Gasteiger partial charge in [-0.05, 0) is 48.6 Å². The minimum Gasteiger partial charge on any atom is -0.463 e. The van der Waals surface area contributed by atoms with Crippen LogP contribution < -0.4 is 5.32 Å². The lowest BCUT2D eigenvalue weighted by atomic mass is 9.91. The smallest absolute Gasteiger partial charge is 0.330 e. The Morgan fingerprint density at radius 1 is 1.47 bits per heavy atom. The molecule has 0 radical (unpaired) electrons. The van der Waals surface area contributed by atoms with Crippen molar-refractivity contribution in [2.75, 3.05) is 18.5 Å². The van der Waals surface area contributed by atoms with E-state index < -0.39 is 0 Å². The number of benzene rings is 1. The standard InChI is InChI=1S/C16H21NO2/c1-3-12-9-14-10-13(5-7-15(14)17-11-12)6-8-16(18)19-4-2/h5-8,10,12,17H,3-4,9,11H2,1-2H3/b8-6+. The molecule has 1 N–H and O–H groups in total. The van der Waals surface area contributed by atoms with Crippen molar-refractivity contribution in [3.8, 4) is 0 Å². The van der Waals surface area contributed by atoms with Crippen molar-refractivity contribution in [3.05, 3.63) is 35.4 Å². The van der Waals surface area contributed by atoms with Crippen molar-refractivity contribution in [3.63, 3.8) is 0 Å². The maximum atomic E-state index is 11.3. The minimum absolute atomic E-state index is 0.287. The molecule has 1 aromatic carbocycles. The number of fused-ring (bicyclic) bond motifs is 1. The van der Waals surface area contributed by atoms with E-state index in [1.165, 1.54) is 23.7 Å². The van der Waals surface area contributed by atoms with Crippen LogP contribution in [0.1, 0.15) is 31.4 Å². The van der Waals surface area contributed by atoms with Crippen LogP contribution in [0.15, 0.2) is 24.3 Å². The Hall–Kier alpha value is -1.77. The summed E-state index contributed by atoms with van der Waals surface area (Å²) in [6.07, 6.45) is 5.60. The van der Waals surface area contributed by atoms with E-state index in [1.807, 2.05) is 12.1 Å². The second kappa shape index (κ2) is 6.41. The summed E-state index contributed by atoms with van der Waals surface area (Å²) in [5.41, 5.74) is 3.60. The fourth-order valence-electron chi connectivity index (χ4n) is 2.34. The largest absolute Gasteiger partial charge is 0.463 e. The maximum absolute atomic E-state index is 11.3. The van der Waals surface area contributed by atoms with Gasteiger partial charge in [-0.25, -0.2) is 4.79 Å². The van der Waals surface area contributed by atoms with Gasteiger partial charge in [-0.2, -0.15) is 0 Å². The molecule has 2 rings (SSSR count). The molecule has 3 nitrogen and oxygen atoms in total. The van der Waals surface area contributed by atoms with Gasteiger partial charge in [-0.15, -0.1) is 0 Å². The highest BCUT2D eigenvalue weighted by Crippen LogP contribution is 2.27. The van der Waals surface area contributed by atoms with Gasteiger partial charge >= 0.3 is 5.97 Å². The van der Waals surface area contributed by atoms with E-state index in [9.17, 15) is 4.79 Å². The lowest BCUT2D eigenvalue weighted by Gasteiger charge is -2.25. The molecule has 1 aliphatic rings. The zero-order valence-electron chi connectivity index (χ0n) is 11.6. The number of carbonyl (C=O) groups is 1. The van der Waals surface area contributed by atoms with Gasteiger partial charge in [0.2, 0.25) is 0 Å². The number of carbonyl (C=O) groups excluding carboxylic acids is 1. The molecule has 1 heterocycles. The predicted octanol–water partition coefficient (Wildman–Crippen LogP) is 3.26. The third-order valence-corrected chi connectivity index (χ3v) is 3.49. The average Bonchev–Trinajstić information content (AvgIpc) is 2.44. The van der Waals surface area contributed by atoms with Crippen LogP contribution in [0.5, 0.6) is 0 Å². The fourth-order valence-corrected chi connectivity index (χ4v) is 2.34. The maximum Gasteiger partial charge on any atom is 0.330 e. The third-order valence-electron chi connectivity index (χ3n) is 3.49. The summed E-state index contributed by atoms with van der Waals surface area (Å²) in [6, 6.07) is 6.26. The predicted molar refractivity (Wildman–Crippen MR) is 78.1 cm³/mol. The molecule has 3 heteroatoms. The second-order valence-corrected chi connectivity index (χ2v) is 4.86. The van der Waals surface area contributed by atoms with Crippen LogP contribution in [-0.4, -0.2) is 19.1 Å². The second-order valence-electron chi connectivity index (χ2n) is 4.86. The molecule has 1 atom stereocenters. The summed E-state index contributed by atoms with van der Waals surface area (Å²) in [5, 5.41) is 3.46. The molecule has 0 spiro atoms. The fraction of sp³-hybridized carbons (Fsp3) is 0.438. The first-order valence-electron chi connectivity index (χ1n) is 6.94. The molecule has 0 aliphatic carbocycles. The molecule has 19 heavy (non-hydrogen) atoms. The lowest BCUT2D eigenvalue weighted by Crippen LogP contribution is -2.22. The molecule has 102 valence electrons. The Kier molecular flexibility index (Phi) is 4.61. The Labute approximate surface area is 114 Å². The quantitative estimate of drug-likeness (QED) is 0.666. The Morgan fingerprint density at radius 2 is 2.32 bits per heavy atom. The number of hydrogen-bond donors (Lipinski definition) is 1. The van der Waals surface area contributed by atoms with Crippen LogP contribution >= 0.6 is 0 Å². The molecule has 0 bridgehead atoms. The number of esters is 1. The van der Waals surface area contributed by atoms with Crippen molar-refractivity contribution in [2.45, 2.75) is 26.7 Å². The molecule has 1 aliphatic heterocycles. The summed E-state index contributed by atoms with van der Waals surface area (Å²) in [4.78, 5) is 11.3. The first-order valence-corrected chi connectivity index (χ1v) is 6.94. The first-order chi connectivity index (χ1) is 9.22.